The molecule has 5 nitrogen and oxygen atoms in total. The monoisotopic (exact) mass is 154 g/mol. The lowest BCUT2D eigenvalue weighted by molar-refractivity contribution is 0.00622. The highest BCUT2D eigenvalue weighted by atomic mass is 16.6. The molecule has 1 aromatic heterocycles. The molecule has 0 unspecified atom stereocenters. The van der Waals surface area contributed by atoms with E-state index in [1.165, 1.54) is 18.6 Å². The first-order valence-corrected chi connectivity index (χ1v) is 2.88. The van der Waals surface area contributed by atoms with Crippen LogP contribution in [-0.4, -0.2) is 27.8 Å². The lowest BCUT2D eigenvalue weighted by atomic mass is 10.4. The fourth-order valence-electron chi connectivity index (χ4n) is 0.544. The van der Waals surface area contributed by atoms with Gasteiger partial charge in [-0.2, -0.15) is 0 Å². The number of rotatable bonds is 2. The molecule has 0 aliphatic rings. The highest BCUT2D eigenvalue weighted by Crippen LogP contribution is 1.93. The Morgan fingerprint density at radius 3 is 3.09 bits per heavy atom. The second-order valence-corrected chi connectivity index (χ2v) is 1.66. The van der Waals surface area contributed by atoms with Crippen LogP contribution in [0.4, 0.5) is 0 Å². The second-order valence-electron chi connectivity index (χ2n) is 1.66. The van der Waals surface area contributed by atoms with Gasteiger partial charge in [-0.1, -0.05) is 0 Å². The van der Waals surface area contributed by atoms with Crippen molar-refractivity contribution in [1.82, 2.24) is 9.97 Å². The molecule has 0 saturated carbocycles. The Bertz CT molecular complexity index is 237. The zero-order valence-corrected chi connectivity index (χ0v) is 5.60. The molecule has 0 amide bonds. The van der Waals surface area contributed by atoms with Gasteiger partial charge < -0.3 is 9.84 Å². The lowest BCUT2D eigenvalue weighted by Gasteiger charge is -1.97. The maximum Gasteiger partial charge on any atom is 0.359 e. The van der Waals surface area contributed by atoms with Gasteiger partial charge in [0, 0.05) is 6.20 Å². The van der Waals surface area contributed by atoms with E-state index in [4.69, 9.17) is 5.11 Å². The van der Waals surface area contributed by atoms with Gasteiger partial charge in [0.1, 0.15) is 6.33 Å². The SMILES string of the molecule is O=C(OCO)c1ccncn1. The zero-order chi connectivity index (χ0) is 8.10. The standard InChI is InChI=1S/C6H6N2O3/c9-4-11-6(10)5-1-2-7-3-8-5/h1-3,9H,4H2. The molecule has 11 heavy (non-hydrogen) atoms. The molecule has 1 rings (SSSR count). The molecule has 0 fully saturated rings. The Kier molecular flexibility index (Phi) is 2.51. The summed E-state index contributed by atoms with van der Waals surface area (Å²) < 4.78 is 4.25. The minimum absolute atomic E-state index is 0.133. The van der Waals surface area contributed by atoms with Gasteiger partial charge in [0.25, 0.3) is 0 Å². The molecule has 1 N–H and O–H groups in total. The van der Waals surface area contributed by atoms with E-state index in [2.05, 4.69) is 14.7 Å². The van der Waals surface area contributed by atoms with E-state index in [0.717, 1.165) is 0 Å². The molecular formula is C6H6N2O3. The molecular weight excluding hydrogens is 148 g/mol. The number of hydrogen-bond donors (Lipinski definition) is 1. The Hall–Kier alpha value is -1.49. The van der Waals surface area contributed by atoms with E-state index in [0.29, 0.717) is 0 Å². The van der Waals surface area contributed by atoms with Crippen molar-refractivity contribution in [2.75, 3.05) is 6.79 Å². The molecule has 0 aliphatic heterocycles. The summed E-state index contributed by atoms with van der Waals surface area (Å²) in [7, 11) is 0. The van der Waals surface area contributed by atoms with Crippen molar-refractivity contribution >= 4 is 5.97 Å². The zero-order valence-electron chi connectivity index (χ0n) is 5.60. The second kappa shape index (κ2) is 3.62. The van der Waals surface area contributed by atoms with Crippen molar-refractivity contribution < 1.29 is 14.6 Å². The fourth-order valence-corrected chi connectivity index (χ4v) is 0.544. The Balaban J connectivity index is 2.69. The summed E-state index contributed by atoms with van der Waals surface area (Å²) in [6.45, 7) is -0.636. The van der Waals surface area contributed by atoms with E-state index >= 15 is 0 Å². The van der Waals surface area contributed by atoms with Gasteiger partial charge in [-0.15, -0.1) is 0 Å². The highest BCUT2D eigenvalue weighted by molar-refractivity contribution is 5.86. The quantitative estimate of drug-likeness (QED) is 0.462. The Labute approximate surface area is 62.7 Å². The molecule has 0 aromatic carbocycles. The van der Waals surface area contributed by atoms with Gasteiger partial charge in [0.15, 0.2) is 12.5 Å². The van der Waals surface area contributed by atoms with E-state index in [-0.39, 0.29) is 5.69 Å². The molecule has 0 atom stereocenters. The summed E-state index contributed by atoms with van der Waals surface area (Å²) in [4.78, 5) is 18.0. The van der Waals surface area contributed by atoms with Crippen LogP contribution in [0.3, 0.4) is 0 Å². The van der Waals surface area contributed by atoms with Crippen molar-refractivity contribution in [3.05, 3.63) is 24.3 Å². The van der Waals surface area contributed by atoms with Crippen LogP contribution in [0.25, 0.3) is 0 Å². The van der Waals surface area contributed by atoms with Crippen LogP contribution in [0.15, 0.2) is 18.6 Å². The smallest absolute Gasteiger partial charge is 0.359 e. The summed E-state index contributed by atoms with van der Waals surface area (Å²) in [6.07, 6.45) is 2.65. The predicted octanol–water partition coefficient (Wildman–Crippen LogP) is -0.417. The number of carbonyl (C=O) groups excluding carboxylic acids is 1. The van der Waals surface area contributed by atoms with Gasteiger partial charge in [-0.3, -0.25) is 0 Å². The summed E-state index contributed by atoms with van der Waals surface area (Å²) in [5.74, 6) is -0.658. The van der Waals surface area contributed by atoms with Gasteiger partial charge in [-0.25, -0.2) is 14.8 Å². The van der Waals surface area contributed by atoms with E-state index in [1.807, 2.05) is 0 Å². The molecule has 0 radical (unpaired) electrons. The van der Waals surface area contributed by atoms with Crippen LogP contribution in [-0.2, 0) is 4.74 Å². The summed E-state index contributed by atoms with van der Waals surface area (Å²) in [5, 5.41) is 8.21. The van der Waals surface area contributed by atoms with E-state index in [1.54, 1.807) is 0 Å². The van der Waals surface area contributed by atoms with Crippen LogP contribution in [0, 0.1) is 0 Å². The minimum atomic E-state index is -0.658. The highest BCUT2D eigenvalue weighted by Gasteiger charge is 2.05. The summed E-state index contributed by atoms with van der Waals surface area (Å²) in [6, 6.07) is 1.40. The number of aromatic nitrogens is 2. The first kappa shape index (κ1) is 7.62. The van der Waals surface area contributed by atoms with Gasteiger partial charge >= 0.3 is 5.97 Å². The van der Waals surface area contributed by atoms with Gasteiger partial charge in [-0.05, 0) is 6.07 Å². The normalized spacial score (nSPS) is 9.18. The molecule has 58 valence electrons. The Morgan fingerprint density at radius 1 is 1.73 bits per heavy atom. The van der Waals surface area contributed by atoms with Gasteiger partial charge in [0.05, 0.1) is 0 Å². The van der Waals surface area contributed by atoms with Crippen LogP contribution < -0.4 is 0 Å². The topological polar surface area (TPSA) is 72.3 Å². The van der Waals surface area contributed by atoms with Crippen LogP contribution in [0.2, 0.25) is 0 Å². The average Bonchev–Trinajstić information content (AvgIpc) is 2.07. The number of ether oxygens (including phenoxy) is 1. The van der Waals surface area contributed by atoms with Crippen molar-refractivity contribution in [2.24, 2.45) is 0 Å². The van der Waals surface area contributed by atoms with Gasteiger partial charge in [0.2, 0.25) is 0 Å². The molecule has 5 heteroatoms. The number of aliphatic hydroxyl groups excluding tert-OH is 1. The van der Waals surface area contributed by atoms with E-state index < -0.39 is 12.8 Å². The van der Waals surface area contributed by atoms with Crippen LogP contribution in [0.5, 0.6) is 0 Å². The molecule has 1 aromatic rings. The third-order valence-corrected chi connectivity index (χ3v) is 0.987. The maximum atomic E-state index is 10.8. The van der Waals surface area contributed by atoms with Crippen LogP contribution >= 0.6 is 0 Å². The molecule has 0 spiro atoms. The molecule has 0 aliphatic carbocycles. The first-order valence-electron chi connectivity index (χ1n) is 2.88. The number of carbonyl (C=O) groups is 1. The van der Waals surface area contributed by atoms with Crippen LogP contribution in [0.1, 0.15) is 10.5 Å². The maximum absolute atomic E-state index is 10.8. The Morgan fingerprint density at radius 2 is 2.55 bits per heavy atom. The lowest BCUT2D eigenvalue weighted by Crippen LogP contribution is -2.07. The predicted molar refractivity (Wildman–Crippen MR) is 34.5 cm³/mol. The number of nitrogens with zero attached hydrogens (tertiary/aromatic N) is 2. The summed E-state index contributed by atoms with van der Waals surface area (Å²) >= 11 is 0. The summed E-state index contributed by atoms with van der Waals surface area (Å²) in [5.41, 5.74) is 0.133. The number of esters is 1. The largest absolute Gasteiger partial charge is 0.434 e. The fraction of sp³-hybridized carbons (Fsp3) is 0.167. The van der Waals surface area contributed by atoms with Crippen molar-refractivity contribution in [3.8, 4) is 0 Å². The molecule has 0 saturated heterocycles. The minimum Gasteiger partial charge on any atom is -0.434 e. The number of hydrogen-bond acceptors (Lipinski definition) is 5. The first-order chi connectivity index (χ1) is 5.34. The van der Waals surface area contributed by atoms with E-state index in [9.17, 15) is 4.79 Å². The van der Waals surface area contributed by atoms with Crippen molar-refractivity contribution in [2.45, 2.75) is 0 Å². The third kappa shape index (κ3) is 1.98. The van der Waals surface area contributed by atoms with Crippen molar-refractivity contribution in [3.63, 3.8) is 0 Å². The molecule has 1 heterocycles. The number of aliphatic hydroxyl groups is 1. The third-order valence-electron chi connectivity index (χ3n) is 0.987. The average molecular weight is 154 g/mol. The van der Waals surface area contributed by atoms with Crippen molar-refractivity contribution in [1.29, 1.82) is 0 Å². The molecule has 0 bridgehead atoms.